The van der Waals surface area contributed by atoms with Crippen LogP contribution in [0.1, 0.15) is 52.7 Å². The van der Waals surface area contributed by atoms with Gasteiger partial charge < -0.3 is 9.15 Å². The molecule has 0 fully saturated rings. The Hall–Kier alpha value is -5.22. The van der Waals surface area contributed by atoms with Crippen molar-refractivity contribution in [1.82, 2.24) is 9.97 Å². The molecule has 3 aromatic heterocycles. The van der Waals surface area contributed by atoms with Crippen LogP contribution < -0.4 is 4.74 Å². The number of benzene rings is 4. The van der Waals surface area contributed by atoms with E-state index >= 15 is 0 Å². The molecule has 4 heteroatoms. The molecule has 7 aromatic rings. The highest BCUT2D eigenvalue weighted by atomic mass is 16.5. The SMILES string of the molecule is CC(C)(C)Cc1ccc(-c2cccc(Oc3cc(-c4ccc(CC(C)(C)C)cn4)c4c(c3)oc3cc(-c5ccccc5)ccc34)c2)nc1. The first kappa shape index (κ1) is 31.4. The molecule has 0 saturated carbocycles. The van der Waals surface area contributed by atoms with Crippen LogP contribution in [0.25, 0.3) is 55.6 Å². The largest absolute Gasteiger partial charge is 0.457 e. The monoisotopic (exact) mass is 630 g/mol. The minimum absolute atomic E-state index is 0.181. The Morgan fingerprint density at radius 1 is 0.542 bits per heavy atom. The second kappa shape index (κ2) is 12.4. The Balaban J connectivity index is 1.28. The normalized spacial score (nSPS) is 12.1. The first-order valence-electron chi connectivity index (χ1n) is 16.7. The zero-order valence-corrected chi connectivity index (χ0v) is 28.7. The Morgan fingerprint density at radius 2 is 1.21 bits per heavy atom. The number of hydrogen-bond acceptors (Lipinski definition) is 4. The van der Waals surface area contributed by atoms with Crippen LogP contribution >= 0.6 is 0 Å². The van der Waals surface area contributed by atoms with E-state index in [9.17, 15) is 0 Å². The topological polar surface area (TPSA) is 48.2 Å². The van der Waals surface area contributed by atoms with Gasteiger partial charge >= 0.3 is 0 Å². The van der Waals surface area contributed by atoms with Crippen molar-refractivity contribution >= 4 is 21.9 Å². The predicted molar refractivity (Wildman–Crippen MR) is 198 cm³/mol. The maximum atomic E-state index is 6.57. The third kappa shape index (κ3) is 7.03. The molecule has 0 aliphatic rings. The van der Waals surface area contributed by atoms with E-state index in [4.69, 9.17) is 19.1 Å². The first-order valence-corrected chi connectivity index (χ1v) is 16.7. The van der Waals surface area contributed by atoms with Crippen molar-refractivity contribution in [2.24, 2.45) is 10.8 Å². The van der Waals surface area contributed by atoms with E-state index in [1.165, 1.54) is 11.1 Å². The molecule has 0 spiro atoms. The fourth-order valence-electron chi connectivity index (χ4n) is 6.42. The lowest BCUT2D eigenvalue weighted by Crippen LogP contribution is -2.09. The molecule has 0 bridgehead atoms. The lowest BCUT2D eigenvalue weighted by Gasteiger charge is -2.18. The van der Waals surface area contributed by atoms with Crippen LogP contribution in [0.4, 0.5) is 0 Å². The highest BCUT2D eigenvalue weighted by Crippen LogP contribution is 2.41. The zero-order chi connectivity index (χ0) is 33.5. The summed E-state index contributed by atoms with van der Waals surface area (Å²) in [4.78, 5) is 9.74. The summed E-state index contributed by atoms with van der Waals surface area (Å²) < 4.78 is 13.1. The van der Waals surface area contributed by atoms with Gasteiger partial charge in [-0.15, -0.1) is 0 Å². The van der Waals surface area contributed by atoms with E-state index in [0.717, 1.165) is 74.2 Å². The quantitative estimate of drug-likeness (QED) is 0.176. The molecule has 0 N–H and O–H groups in total. The highest BCUT2D eigenvalue weighted by Gasteiger charge is 2.19. The summed E-state index contributed by atoms with van der Waals surface area (Å²) >= 11 is 0. The smallest absolute Gasteiger partial charge is 0.139 e. The van der Waals surface area contributed by atoms with Crippen LogP contribution in [0.2, 0.25) is 0 Å². The van der Waals surface area contributed by atoms with Gasteiger partial charge in [0.2, 0.25) is 0 Å². The standard InChI is InChI=1S/C44H42N2O2/c1-43(2,3)25-29-15-19-38(45-27-29)33-13-10-14-34(21-33)47-35-23-37(39-20-16-30(28-46-39)26-44(4,5)6)42-36-18-17-32(31-11-8-7-9-12-31)22-40(36)48-41(42)24-35/h7-24,27-28H,25-26H2,1-6H3. The van der Waals surface area contributed by atoms with E-state index < -0.39 is 0 Å². The number of pyridine rings is 2. The molecule has 3 heterocycles. The van der Waals surface area contributed by atoms with Gasteiger partial charge in [-0.1, -0.05) is 102 Å². The molecule has 0 aliphatic carbocycles. The average Bonchev–Trinajstić information content (AvgIpc) is 3.42. The van der Waals surface area contributed by atoms with Crippen LogP contribution in [0.15, 0.2) is 126 Å². The number of nitrogens with zero attached hydrogens (tertiary/aromatic N) is 2. The van der Waals surface area contributed by atoms with Crippen molar-refractivity contribution in [3.63, 3.8) is 0 Å². The highest BCUT2D eigenvalue weighted by molar-refractivity contribution is 6.13. The number of furan rings is 1. The summed E-state index contributed by atoms with van der Waals surface area (Å²) in [5, 5.41) is 2.08. The van der Waals surface area contributed by atoms with E-state index in [1.807, 2.05) is 42.7 Å². The molecule has 7 rings (SSSR count). The Kier molecular flexibility index (Phi) is 8.12. The van der Waals surface area contributed by atoms with Crippen molar-refractivity contribution in [2.75, 3.05) is 0 Å². The average molecular weight is 631 g/mol. The third-order valence-electron chi connectivity index (χ3n) is 8.41. The minimum atomic E-state index is 0.181. The molecular formula is C44H42N2O2. The molecule has 0 atom stereocenters. The molecule has 4 aromatic carbocycles. The fraction of sp³-hybridized carbons (Fsp3) is 0.227. The van der Waals surface area contributed by atoms with Crippen molar-refractivity contribution < 1.29 is 9.15 Å². The number of aromatic nitrogens is 2. The summed E-state index contributed by atoms with van der Waals surface area (Å²) in [5.74, 6) is 1.42. The van der Waals surface area contributed by atoms with Crippen molar-refractivity contribution in [1.29, 1.82) is 0 Å². The number of rotatable bonds is 7. The lowest BCUT2D eigenvalue weighted by molar-refractivity contribution is 0.410. The molecule has 240 valence electrons. The first-order chi connectivity index (χ1) is 23.0. The fourth-order valence-corrected chi connectivity index (χ4v) is 6.42. The van der Waals surface area contributed by atoms with Gasteiger partial charge in [0, 0.05) is 40.4 Å². The van der Waals surface area contributed by atoms with Crippen LogP contribution in [-0.4, -0.2) is 9.97 Å². The summed E-state index contributed by atoms with van der Waals surface area (Å²) in [5.41, 5.74) is 10.5. The number of ether oxygens (including phenoxy) is 1. The molecule has 0 aliphatic heterocycles. The van der Waals surface area contributed by atoms with Crippen LogP contribution in [0.5, 0.6) is 11.5 Å². The Bertz CT molecular complexity index is 2200. The number of hydrogen-bond donors (Lipinski definition) is 0. The van der Waals surface area contributed by atoms with E-state index in [1.54, 1.807) is 0 Å². The maximum Gasteiger partial charge on any atom is 0.139 e. The van der Waals surface area contributed by atoms with Gasteiger partial charge in [-0.2, -0.15) is 0 Å². The Morgan fingerprint density at radius 3 is 1.85 bits per heavy atom. The number of fused-ring (bicyclic) bond motifs is 3. The molecule has 0 radical (unpaired) electrons. The maximum absolute atomic E-state index is 6.57. The van der Waals surface area contributed by atoms with E-state index in [-0.39, 0.29) is 10.8 Å². The van der Waals surface area contributed by atoms with Gasteiger partial charge in [0.05, 0.1) is 11.4 Å². The predicted octanol–water partition coefficient (Wildman–Crippen LogP) is 12.3. The van der Waals surface area contributed by atoms with Crippen LogP contribution in [0.3, 0.4) is 0 Å². The molecule has 0 saturated heterocycles. The molecular weight excluding hydrogens is 588 g/mol. The molecule has 4 nitrogen and oxygen atoms in total. The molecule has 0 amide bonds. The zero-order valence-electron chi connectivity index (χ0n) is 28.7. The Labute approximate surface area is 283 Å². The van der Waals surface area contributed by atoms with Crippen molar-refractivity contribution in [3.8, 4) is 45.1 Å². The van der Waals surface area contributed by atoms with Crippen molar-refractivity contribution in [3.05, 3.63) is 133 Å². The van der Waals surface area contributed by atoms with Gasteiger partial charge in [-0.25, -0.2) is 0 Å². The van der Waals surface area contributed by atoms with Crippen LogP contribution in [0, 0.1) is 10.8 Å². The van der Waals surface area contributed by atoms with Gasteiger partial charge in [-0.05, 0) is 88.4 Å². The van der Waals surface area contributed by atoms with E-state index in [0.29, 0.717) is 5.75 Å². The minimum Gasteiger partial charge on any atom is -0.457 e. The van der Waals surface area contributed by atoms with E-state index in [2.05, 4.69) is 120 Å². The summed E-state index contributed by atoms with van der Waals surface area (Å²) in [7, 11) is 0. The lowest BCUT2D eigenvalue weighted by atomic mass is 9.88. The third-order valence-corrected chi connectivity index (χ3v) is 8.41. The molecule has 0 unspecified atom stereocenters. The van der Waals surface area contributed by atoms with Gasteiger partial charge in [-0.3, -0.25) is 9.97 Å². The van der Waals surface area contributed by atoms with Gasteiger partial charge in [0.25, 0.3) is 0 Å². The summed E-state index contributed by atoms with van der Waals surface area (Å²) in [6, 6.07) is 37.6. The second-order valence-corrected chi connectivity index (χ2v) is 15.2. The summed E-state index contributed by atoms with van der Waals surface area (Å²) in [6.07, 6.45) is 5.93. The van der Waals surface area contributed by atoms with Gasteiger partial charge in [0.1, 0.15) is 22.7 Å². The second-order valence-electron chi connectivity index (χ2n) is 15.2. The molecule has 48 heavy (non-hydrogen) atoms. The van der Waals surface area contributed by atoms with Crippen molar-refractivity contribution in [2.45, 2.75) is 54.4 Å². The van der Waals surface area contributed by atoms with Gasteiger partial charge in [0.15, 0.2) is 0 Å². The van der Waals surface area contributed by atoms with Crippen LogP contribution in [-0.2, 0) is 12.8 Å². The summed E-state index contributed by atoms with van der Waals surface area (Å²) in [6.45, 7) is 13.5.